The van der Waals surface area contributed by atoms with E-state index in [1.165, 1.54) is 44.1 Å². The van der Waals surface area contributed by atoms with Gasteiger partial charge < -0.3 is 4.74 Å². The number of fused-ring (bicyclic) bond motifs is 3. The summed E-state index contributed by atoms with van der Waals surface area (Å²) in [5.41, 5.74) is 2.18. The van der Waals surface area contributed by atoms with E-state index < -0.39 is 0 Å². The molecule has 0 spiro atoms. The Morgan fingerprint density at radius 2 is 1.58 bits per heavy atom. The van der Waals surface area contributed by atoms with E-state index >= 15 is 0 Å². The second-order valence-electron chi connectivity index (χ2n) is 6.36. The molecular formula is C17H24OS. The van der Waals surface area contributed by atoms with E-state index in [-0.39, 0.29) is 5.60 Å². The third kappa shape index (κ3) is 2.45. The smallest absolute Gasteiger partial charge is 0.0683 e. The predicted octanol–water partition coefficient (Wildman–Crippen LogP) is 4.75. The highest BCUT2D eigenvalue weighted by Crippen LogP contribution is 2.55. The molecule has 3 aliphatic rings. The van der Waals surface area contributed by atoms with Crippen LogP contribution in [0, 0.1) is 0 Å². The number of thiol groups is 1. The lowest BCUT2D eigenvalue weighted by Gasteiger charge is -2.53. The molecule has 0 unspecified atom stereocenters. The number of rotatable bonds is 4. The van der Waals surface area contributed by atoms with Crippen molar-refractivity contribution < 1.29 is 4.74 Å². The largest absolute Gasteiger partial charge is 0.375 e. The lowest BCUT2D eigenvalue weighted by Crippen LogP contribution is -2.49. The van der Waals surface area contributed by atoms with Gasteiger partial charge in [0.1, 0.15) is 0 Å². The fourth-order valence-corrected chi connectivity index (χ4v) is 4.08. The highest BCUT2D eigenvalue weighted by Gasteiger charge is 2.49. The molecule has 3 saturated carbocycles. The van der Waals surface area contributed by atoms with Gasteiger partial charge in [-0.1, -0.05) is 19.1 Å². The Morgan fingerprint density at radius 3 is 2.11 bits per heavy atom. The lowest BCUT2D eigenvalue weighted by molar-refractivity contribution is -0.118. The maximum atomic E-state index is 6.19. The van der Waals surface area contributed by atoms with E-state index in [1.807, 2.05) is 0 Å². The number of hydrogen-bond donors (Lipinski definition) is 1. The molecule has 4 rings (SSSR count). The van der Waals surface area contributed by atoms with E-state index in [9.17, 15) is 0 Å². The lowest BCUT2D eigenvalue weighted by atomic mass is 9.56. The van der Waals surface area contributed by atoms with Crippen molar-refractivity contribution in [3.8, 4) is 0 Å². The molecule has 0 saturated heterocycles. The Labute approximate surface area is 122 Å². The molecule has 0 aliphatic heterocycles. The van der Waals surface area contributed by atoms with Gasteiger partial charge in [0.25, 0.3) is 0 Å². The summed E-state index contributed by atoms with van der Waals surface area (Å²) in [6.45, 7) is 3.13. The van der Waals surface area contributed by atoms with Crippen LogP contribution in [-0.2, 0) is 10.2 Å². The summed E-state index contributed by atoms with van der Waals surface area (Å²) in [5, 5.41) is 0. The molecule has 1 nitrogen and oxygen atoms in total. The summed E-state index contributed by atoms with van der Waals surface area (Å²) in [4.78, 5) is 1.06. The zero-order chi connectivity index (χ0) is 13.3. The summed E-state index contributed by atoms with van der Waals surface area (Å²) < 4.78 is 6.19. The van der Waals surface area contributed by atoms with Gasteiger partial charge in [-0.15, -0.1) is 12.6 Å². The maximum absolute atomic E-state index is 6.19. The van der Waals surface area contributed by atoms with Crippen LogP contribution in [0.25, 0.3) is 0 Å². The highest BCUT2D eigenvalue weighted by molar-refractivity contribution is 7.80. The molecule has 1 aromatic rings. The van der Waals surface area contributed by atoms with Crippen LogP contribution >= 0.6 is 12.6 Å². The molecule has 0 atom stereocenters. The standard InChI is InChI=1S/C17H24OS/c1-2-13-18-17-10-7-16(8-11-17,9-12-17)14-3-5-15(19)6-4-14/h3-6,19H,2,7-13H2,1H3. The van der Waals surface area contributed by atoms with Gasteiger partial charge in [0.15, 0.2) is 0 Å². The zero-order valence-corrected chi connectivity index (χ0v) is 12.7. The first-order valence-electron chi connectivity index (χ1n) is 7.62. The third-order valence-electron chi connectivity index (χ3n) is 5.27. The minimum Gasteiger partial charge on any atom is -0.375 e. The minimum atomic E-state index is 0.223. The zero-order valence-electron chi connectivity index (χ0n) is 11.8. The quantitative estimate of drug-likeness (QED) is 0.781. The number of benzene rings is 1. The van der Waals surface area contributed by atoms with E-state index in [1.54, 1.807) is 0 Å². The van der Waals surface area contributed by atoms with Crippen LogP contribution in [-0.4, -0.2) is 12.2 Å². The van der Waals surface area contributed by atoms with Gasteiger partial charge in [0.2, 0.25) is 0 Å². The highest BCUT2D eigenvalue weighted by atomic mass is 32.1. The second-order valence-corrected chi connectivity index (χ2v) is 6.88. The molecule has 19 heavy (non-hydrogen) atoms. The van der Waals surface area contributed by atoms with Crippen LogP contribution in [0.5, 0.6) is 0 Å². The molecule has 0 radical (unpaired) electrons. The summed E-state index contributed by atoms with van der Waals surface area (Å²) >= 11 is 4.39. The average Bonchev–Trinajstić information content (AvgIpc) is 2.48. The van der Waals surface area contributed by atoms with Crippen LogP contribution < -0.4 is 0 Å². The Morgan fingerprint density at radius 1 is 1.00 bits per heavy atom. The van der Waals surface area contributed by atoms with Crippen molar-refractivity contribution in [2.45, 2.75) is 67.8 Å². The fourth-order valence-electron chi connectivity index (χ4n) is 3.93. The van der Waals surface area contributed by atoms with Crippen LogP contribution in [0.4, 0.5) is 0 Å². The van der Waals surface area contributed by atoms with Crippen molar-refractivity contribution in [3.63, 3.8) is 0 Å². The Hall–Kier alpha value is -0.470. The molecule has 3 aliphatic carbocycles. The normalized spacial score (nSPS) is 33.6. The Bertz CT molecular complexity index is 413. The molecule has 0 amide bonds. The van der Waals surface area contributed by atoms with Gasteiger partial charge in [-0.3, -0.25) is 0 Å². The summed E-state index contributed by atoms with van der Waals surface area (Å²) in [6, 6.07) is 8.84. The average molecular weight is 276 g/mol. The maximum Gasteiger partial charge on any atom is 0.0683 e. The van der Waals surface area contributed by atoms with Crippen LogP contribution in [0.15, 0.2) is 29.2 Å². The molecule has 2 heteroatoms. The van der Waals surface area contributed by atoms with E-state index in [2.05, 4.69) is 43.8 Å². The SMILES string of the molecule is CCCOC12CCC(c3ccc(S)cc3)(CC1)CC2. The molecule has 1 aromatic carbocycles. The van der Waals surface area contributed by atoms with E-state index in [4.69, 9.17) is 4.74 Å². The third-order valence-corrected chi connectivity index (χ3v) is 5.57. The van der Waals surface area contributed by atoms with Gasteiger partial charge in [-0.25, -0.2) is 0 Å². The molecule has 3 fully saturated rings. The second kappa shape index (κ2) is 5.14. The van der Waals surface area contributed by atoms with Gasteiger partial charge in [0, 0.05) is 11.5 Å². The molecule has 0 N–H and O–H groups in total. The first-order chi connectivity index (χ1) is 9.18. The summed E-state index contributed by atoms with van der Waals surface area (Å²) in [6.07, 6.45) is 8.76. The van der Waals surface area contributed by atoms with Crippen molar-refractivity contribution in [3.05, 3.63) is 29.8 Å². The molecule has 2 bridgehead atoms. The van der Waals surface area contributed by atoms with E-state index in [0.717, 1.165) is 17.9 Å². The first kappa shape index (κ1) is 13.5. The molecule has 104 valence electrons. The van der Waals surface area contributed by atoms with Gasteiger partial charge in [0.05, 0.1) is 5.60 Å². The minimum absolute atomic E-state index is 0.223. The van der Waals surface area contributed by atoms with Gasteiger partial charge >= 0.3 is 0 Å². The Balaban J connectivity index is 1.75. The monoisotopic (exact) mass is 276 g/mol. The molecular weight excluding hydrogens is 252 g/mol. The summed E-state index contributed by atoms with van der Waals surface area (Å²) in [7, 11) is 0. The predicted molar refractivity (Wildman–Crippen MR) is 82.0 cm³/mol. The summed E-state index contributed by atoms with van der Waals surface area (Å²) in [5.74, 6) is 0. The number of hydrogen-bond acceptors (Lipinski definition) is 2. The van der Waals surface area contributed by atoms with Crippen molar-refractivity contribution in [2.24, 2.45) is 0 Å². The topological polar surface area (TPSA) is 9.23 Å². The van der Waals surface area contributed by atoms with Crippen molar-refractivity contribution in [2.75, 3.05) is 6.61 Å². The van der Waals surface area contributed by atoms with Crippen LogP contribution in [0.1, 0.15) is 57.4 Å². The molecule has 0 aromatic heterocycles. The van der Waals surface area contributed by atoms with E-state index in [0.29, 0.717) is 5.41 Å². The first-order valence-corrected chi connectivity index (χ1v) is 8.06. The van der Waals surface area contributed by atoms with Crippen molar-refractivity contribution in [1.82, 2.24) is 0 Å². The Kier molecular flexibility index (Phi) is 3.65. The van der Waals surface area contributed by atoms with Crippen molar-refractivity contribution >= 4 is 12.6 Å². The van der Waals surface area contributed by atoms with Crippen LogP contribution in [0.2, 0.25) is 0 Å². The van der Waals surface area contributed by atoms with Crippen LogP contribution in [0.3, 0.4) is 0 Å². The van der Waals surface area contributed by atoms with Crippen molar-refractivity contribution in [1.29, 1.82) is 0 Å². The van der Waals surface area contributed by atoms with Gasteiger partial charge in [-0.05, 0) is 68.1 Å². The van der Waals surface area contributed by atoms with Gasteiger partial charge in [-0.2, -0.15) is 0 Å². The molecule has 0 heterocycles. The number of ether oxygens (including phenoxy) is 1. The fraction of sp³-hybridized carbons (Fsp3) is 0.647.